The molecular formula is C7H10O. The van der Waals surface area contributed by atoms with E-state index in [9.17, 15) is 0 Å². The third kappa shape index (κ3) is 2.24. The van der Waals surface area contributed by atoms with E-state index in [1.165, 1.54) is 0 Å². The summed E-state index contributed by atoms with van der Waals surface area (Å²) in [5.74, 6) is 0. The molecule has 44 valence electrons. The van der Waals surface area contributed by atoms with Gasteiger partial charge in [0.05, 0.1) is 6.26 Å². The fraction of sp³-hybridized carbons (Fsp3) is 0.143. The summed E-state index contributed by atoms with van der Waals surface area (Å²) in [6.07, 6.45) is 5.03. The molecule has 0 fully saturated rings. The molecule has 0 rings (SSSR count). The first kappa shape index (κ1) is 7.02. The van der Waals surface area contributed by atoms with Crippen LogP contribution in [0.1, 0.15) is 6.42 Å². The molecule has 0 radical (unpaired) electrons. The van der Waals surface area contributed by atoms with Gasteiger partial charge in [-0.3, -0.25) is 0 Å². The summed E-state index contributed by atoms with van der Waals surface area (Å²) >= 11 is 0. The lowest BCUT2D eigenvalue weighted by Gasteiger charge is -1.88. The van der Waals surface area contributed by atoms with Crippen molar-refractivity contribution >= 4 is 0 Å². The van der Waals surface area contributed by atoms with Crippen molar-refractivity contribution in [1.29, 1.82) is 0 Å². The molecule has 0 aromatic rings. The summed E-state index contributed by atoms with van der Waals surface area (Å²) in [5.41, 5.74) is 0.792. The highest BCUT2D eigenvalue weighted by molar-refractivity contribution is 5.15. The van der Waals surface area contributed by atoms with Crippen LogP contribution in [0.15, 0.2) is 37.1 Å². The largest absolute Gasteiger partial charge is 0.515 e. The molecule has 1 nitrogen and oxygen atoms in total. The van der Waals surface area contributed by atoms with Crippen molar-refractivity contribution < 1.29 is 5.11 Å². The van der Waals surface area contributed by atoms with Crippen LogP contribution in [-0.2, 0) is 0 Å². The molecule has 0 unspecified atom stereocenters. The summed E-state index contributed by atoms with van der Waals surface area (Å²) in [5, 5.41) is 8.38. The summed E-state index contributed by atoms with van der Waals surface area (Å²) in [4.78, 5) is 0. The van der Waals surface area contributed by atoms with Gasteiger partial charge in [-0.05, 0) is 12.0 Å². The van der Waals surface area contributed by atoms with Gasteiger partial charge in [-0.2, -0.15) is 0 Å². The minimum absolute atomic E-state index is 0.681. The fourth-order valence-corrected chi connectivity index (χ4v) is 0.355. The summed E-state index contributed by atoms with van der Waals surface area (Å²) in [6, 6.07) is 0. The number of aliphatic hydroxyl groups is 1. The number of hydrogen-bond donors (Lipinski definition) is 1. The predicted octanol–water partition coefficient (Wildman–Crippen LogP) is 2.19. The van der Waals surface area contributed by atoms with Crippen molar-refractivity contribution in [2.45, 2.75) is 6.42 Å². The molecule has 8 heavy (non-hydrogen) atoms. The molecule has 0 aliphatic rings. The van der Waals surface area contributed by atoms with Gasteiger partial charge in [-0.15, -0.1) is 6.58 Å². The molecule has 1 heteroatoms. The third-order valence-corrected chi connectivity index (χ3v) is 0.808. The molecule has 0 aliphatic heterocycles. The van der Waals surface area contributed by atoms with Crippen molar-refractivity contribution in [3.8, 4) is 0 Å². The number of rotatable bonds is 3. The molecule has 0 bridgehead atoms. The van der Waals surface area contributed by atoms with Crippen LogP contribution >= 0.6 is 0 Å². The quantitative estimate of drug-likeness (QED) is 0.335. The lowest BCUT2D eigenvalue weighted by molar-refractivity contribution is 0.468. The van der Waals surface area contributed by atoms with Gasteiger partial charge in [0.25, 0.3) is 0 Å². The van der Waals surface area contributed by atoms with Crippen molar-refractivity contribution in [2.75, 3.05) is 0 Å². The first-order valence-electron chi connectivity index (χ1n) is 2.41. The average Bonchev–Trinajstić information content (AvgIpc) is 1.83. The second kappa shape index (κ2) is 4.19. The molecule has 0 saturated carbocycles. The zero-order chi connectivity index (χ0) is 6.41. The normalized spacial score (nSPS) is 10.8. The topological polar surface area (TPSA) is 20.2 Å². The van der Waals surface area contributed by atoms with E-state index in [0.717, 1.165) is 11.8 Å². The zero-order valence-corrected chi connectivity index (χ0v) is 4.80. The summed E-state index contributed by atoms with van der Waals surface area (Å²) in [6.45, 7) is 6.97. The molecule has 0 aromatic heterocycles. The maximum absolute atomic E-state index is 8.38. The van der Waals surface area contributed by atoms with Gasteiger partial charge >= 0.3 is 0 Å². The smallest absolute Gasteiger partial charge is 0.0826 e. The van der Waals surface area contributed by atoms with Gasteiger partial charge in [0.2, 0.25) is 0 Å². The Morgan fingerprint density at radius 1 is 1.50 bits per heavy atom. The minimum Gasteiger partial charge on any atom is -0.515 e. The Balaban J connectivity index is 3.71. The van der Waals surface area contributed by atoms with Crippen LogP contribution < -0.4 is 0 Å². The van der Waals surface area contributed by atoms with Crippen molar-refractivity contribution in [3.63, 3.8) is 0 Å². The molecule has 0 amide bonds. The van der Waals surface area contributed by atoms with E-state index in [1.807, 2.05) is 0 Å². The van der Waals surface area contributed by atoms with Crippen molar-refractivity contribution in [1.82, 2.24) is 0 Å². The van der Waals surface area contributed by atoms with E-state index in [0.29, 0.717) is 6.42 Å². The van der Waals surface area contributed by atoms with Crippen LogP contribution in [0, 0.1) is 0 Å². The van der Waals surface area contributed by atoms with E-state index < -0.39 is 0 Å². The van der Waals surface area contributed by atoms with E-state index in [2.05, 4.69) is 13.2 Å². The van der Waals surface area contributed by atoms with Gasteiger partial charge in [-0.1, -0.05) is 18.7 Å². The van der Waals surface area contributed by atoms with Gasteiger partial charge in [0.1, 0.15) is 0 Å². The predicted molar refractivity (Wildman–Crippen MR) is 35.7 cm³/mol. The molecule has 0 saturated heterocycles. The lowest BCUT2D eigenvalue weighted by atomic mass is 10.2. The Labute approximate surface area is 49.7 Å². The minimum atomic E-state index is 0.681. The van der Waals surface area contributed by atoms with Crippen LogP contribution in [0.25, 0.3) is 0 Å². The van der Waals surface area contributed by atoms with Crippen LogP contribution in [0.5, 0.6) is 0 Å². The third-order valence-electron chi connectivity index (χ3n) is 0.808. The molecule has 0 aliphatic carbocycles. The van der Waals surface area contributed by atoms with Crippen LogP contribution in [0.4, 0.5) is 0 Å². The molecular weight excluding hydrogens is 100 g/mol. The highest BCUT2D eigenvalue weighted by Gasteiger charge is 1.82. The maximum Gasteiger partial charge on any atom is 0.0826 e. The number of allylic oxidation sites excluding steroid dienone is 3. The molecule has 0 atom stereocenters. The monoisotopic (exact) mass is 110 g/mol. The lowest BCUT2D eigenvalue weighted by Crippen LogP contribution is -1.71. The molecule has 0 aromatic carbocycles. The van der Waals surface area contributed by atoms with Crippen LogP contribution in [0.2, 0.25) is 0 Å². The Hall–Kier alpha value is -0.980. The van der Waals surface area contributed by atoms with Gasteiger partial charge in [0.15, 0.2) is 0 Å². The van der Waals surface area contributed by atoms with E-state index >= 15 is 0 Å². The Kier molecular flexibility index (Phi) is 3.67. The van der Waals surface area contributed by atoms with Gasteiger partial charge in [-0.25, -0.2) is 0 Å². The van der Waals surface area contributed by atoms with E-state index in [4.69, 9.17) is 5.11 Å². The second-order valence-electron chi connectivity index (χ2n) is 1.40. The van der Waals surface area contributed by atoms with Gasteiger partial charge < -0.3 is 5.11 Å². The van der Waals surface area contributed by atoms with E-state index in [1.54, 1.807) is 12.2 Å². The average molecular weight is 110 g/mol. The van der Waals surface area contributed by atoms with E-state index in [-0.39, 0.29) is 0 Å². The van der Waals surface area contributed by atoms with Crippen LogP contribution in [0.3, 0.4) is 0 Å². The first-order chi connectivity index (χ1) is 3.85. The van der Waals surface area contributed by atoms with Crippen molar-refractivity contribution in [2.24, 2.45) is 0 Å². The van der Waals surface area contributed by atoms with Crippen molar-refractivity contribution in [3.05, 3.63) is 37.1 Å². The Bertz CT molecular complexity index is 112. The molecule has 1 N–H and O–H groups in total. The Morgan fingerprint density at radius 2 is 2.12 bits per heavy atom. The molecule has 0 spiro atoms. The summed E-state index contributed by atoms with van der Waals surface area (Å²) < 4.78 is 0. The highest BCUT2D eigenvalue weighted by Crippen LogP contribution is 1.99. The highest BCUT2D eigenvalue weighted by atomic mass is 16.2. The van der Waals surface area contributed by atoms with Crippen LogP contribution in [-0.4, -0.2) is 5.11 Å². The summed E-state index contributed by atoms with van der Waals surface area (Å²) in [7, 11) is 0. The fourth-order valence-electron chi connectivity index (χ4n) is 0.355. The van der Waals surface area contributed by atoms with Gasteiger partial charge in [0, 0.05) is 0 Å². The maximum atomic E-state index is 8.38. The number of hydrogen-bond acceptors (Lipinski definition) is 1. The second-order valence-corrected chi connectivity index (χ2v) is 1.40. The first-order valence-corrected chi connectivity index (χ1v) is 2.41. The SMILES string of the molecule is C=CCC(C=C)=CO. The molecule has 0 heterocycles. The Morgan fingerprint density at radius 3 is 2.25 bits per heavy atom. The standard InChI is InChI=1S/C7H10O/c1-3-5-7(4-2)6-8/h3-4,6,8H,1-2,5H2. The zero-order valence-electron chi connectivity index (χ0n) is 4.80. The number of aliphatic hydroxyl groups excluding tert-OH is 1.